The average Bonchev–Trinajstić information content (AvgIpc) is 3.69. The molecule has 2 aromatic heterocycles. The van der Waals surface area contributed by atoms with Crippen LogP contribution in [0.5, 0.6) is 0 Å². The Morgan fingerprint density at radius 1 is 0.343 bits per heavy atom. The minimum atomic E-state index is 0.720. The Kier molecular flexibility index (Phi) is 10.7. The second-order valence-corrected chi connectivity index (χ2v) is 17.4. The third-order valence-corrected chi connectivity index (χ3v) is 12.8. The molecule has 0 amide bonds. The fraction of sp³-hybridized carbons (Fsp3) is 0.0645. The molecule has 0 spiro atoms. The molecule has 0 atom stereocenters. The highest BCUT2D eigenvalue weighted by Crippen LogP contribution is 2.43. The van der Waals surface area contributed by atoms with E-state index in [0.29, 0.717) is 0 Å². The Morgan fingerprint density at radius 3 is 1.25 bits per heavy atom. The summed E-state index contributed by atoms with van der Waals surface area (Å²) in [5.74, 6) is 0.720. The first kappa shape index (κ1) is 41.2. The van der Waals surface area contributed by atoms with Gasteiger partial charge in [-0.15, -0.1) is 0 Å². The van der Waals surface area contributed by atoms with Crippen LogP contribution in [0.25, 0.3) is 61.4 Å². The zero-order valence-electron chi connectivity index (χ0n) is 38.1. The largest absolute Gasteiger partial charge is 0.310 e. The number of para-hydroxylation sites is 2. The standard InChI is InChI=1S/C62H49N5/c1-42-23-29-49(30-24-42)66(50-31-25-43(2)26-32-50)53-36-38-61-57(40-53)56-39-52(65(47-17-7-5-8-18-47)48-19-9-6-10-20-48)35-37-60(56)67(61)51-33-27-46(28-34-51)58-41-59(54-21-13-11-15-44(54)3)64-62(63-58)55-22-14-12-16-45(55)4/h5-41H,1-4H3. The maximum absolute atomic E-state index is 5.22. The van der Waals surface area contributed by atoms with Gasteiger partial charge in [0.15, 0.2) is 5.82 Å². The monoisotopic (exact) mass is 863 g/mol. The van der Waals surface area contributed by atoms with Crippen molar-refractivity contribution in [2.75, 3.05) is 9.80 Å². The molecule has 0 fully saturated rings. The lowest BCUT2D eigenvalue weighted by Crippen LogP contribution is -2.10. The van der Waals surface area contributed by atoms with Crippen LogP contribution in [0.1, 0.15) is 22.3 Å². The van der Waals surface area contributed by atoms with Gasteiger partial charge in [0.05, 0.1) is 22.4 Å². The van der Waals surface area contributed by atoms with Crippen LogP contribution in [0.4, 0.5) is 34.1 Å². The maximum atomic E-state index is 5.22. The first-order valence-corrected chi connectivity index (χ1v) is 22.9. The number of nitrogens with zero attached hydrogens (tertiary/aromatic N) is 5. The topological polar surface area (TPSA) is 37.2 Å². The van der Waals surface area contributed by atoms with Crippen molar-refractivity contribution in [2.45, 2.75) is 27.7 Å². The van der Waals surface area contributed by atoms with E-state index >= 15 is 0 Å². The minimum absolute atomic E-state index is 0.720. The first-order chi connectivity index (χ1) is 32.9. The molecule has 0 saturated carbocycles. The van der Waals surface area contributed by atoms with E-state index in [2.05, 4.69) is 267 Å². The van der Waals surface area contributed by atoms with Crippen molar-refractivity contribution < 1.29 is 0 Å². The second-order valence-electron chi connectivity index (χ2n) is 17.4. The molecule has 5 heteroatoms. The Morgan fingerprint density at radius 2 is 0.761 bits per heavy atom. The van der Waals surface area contributed by atoms with E-state index in [-0.39, 0.29) is 0 Å². The third-order valence-electron chi connectivity index (χ3n) is 12.8. The molecule has 5 nitrogen and oxygen atoms in total. The molecule has 0 aliphatic rings. The zero-order chi connectivity index (χ0) is 45.4. The highest BCUT2D eigenvalue weighted by atomic mass is 15.1. The number of benzene rings is 9. The van der Waals surface area contributed by atoms with Gasteiger partial charge in [0.1, 0.15) is 0 Å². The lowest BCUT2D eigenvalue weighted by molar-refractivity contribution is 1.16. The third kappa shape index (κ3) is 7.91. The van der Waals surface area contributed by atoms with Gasteiger partial charge in [0.25, 0.3) is 0 Å². The molecule has 11 rings (SSSR count). The van der Waals surface area contributed by atoms with Crippen molar-refractivity contribution in [1.82, 2.24) is 14.5 Å². The summed E-state index contributed by atoms with van der Waals surface area (Å²) in [7, 11) is 0. The summed E-state index contributed by atoms with van der Waals surface area (Å²) in [4.78, 5) is 15.1. The minimum Gasteiger partial charge on any atom is -0.310 e. The highest BCUT2D eigenvalue weighted by Gasteiger charge is 2.21. The van der Waals surface area contributed by atoms with Crippen LogP contribution in [0.2, 0.25) is 0 Å². The fourth-order valence-electron chi connectivity index (χ4n) is 9.31. The Balaban J connectivity index is 1.10. The van der Waals surface area contributed by atoms with E-state index in [0.717, 1.165) is 101 Å². The molecule has 0 aliphatic heterocycles. The summed E-state index contributed by atoms with van der Waals surface area (Å²) in [6.07, 6.45) is 0. The van der Waals surface area contributed by atoms with Crippen LogP contribution in [-0.4, -0.2) is 14.5 Å². The predicted octanol–water partition coefficient (Wildman–Crippen LogP) is 16.7. The van der Waals surface area contributed by atoms with Crippen LogP contribution in [0.3, 0.4) is 0 Å². The molecular formula is C62H49N5. The number of aryl methyl sites for hydroxylation is 4. The van der Waals surface area contributed by atoms with E-state index in [4.69, 9.17) is 9.97 Å². The molecule has 11 aromatic rings. The van der Waals surface area contributed by atoms with E-state index in [1.165, 1.54) is 16.7 Å². The van der Waals surface area contributed by atoms with Gasteiger partial charge in [-0.2, -0.15) is 0 Å². The van der Waals surface area contributed by atoms with Gasteiger partial charge in [-0.25, -0.2) is 9.97 Å². The number of hydrogen-bond acceptors (Lipinski definition) is 4. The molecular weight excluding hydrogens is 815 g/mol. The summed E-state index contributed by atoms with van der Waals surface area (Å²) >= 11 is 0. The van der Waals surface area contributed by atoms with Gasteiger partial charge in [-0.05, 0) is 142 Å². The van der Waals surface area contributed by atoms with Gasteiger partial charge in [0, 0.05) is 67.3 Å². The normalized spacial score (nSPS) is 11.3. The van der Waals surface area contributed by atoms with E-state index in [1.54, 1.807) is 0 Å². The van der Waals surface area contributed by atoms with Crippen molar-refractivity contribution >= 4 is 55.9 Å². The zero-order valence-corrected chi connectivity index (χ0v) is 38.1. The summed E-state index contributed by atoms with van der Waals surface area (Å²) in [6.45, 7) is 8.53. The van der Waals surface area contributed by atoms with Crippen LogP contribution in [0.15, 0.2) is 224 Å². The van der Waals surface area contributed by atoms with Gasteiger partial charge in [-0.3, -0.25) is 0 Å². The van der Waals surface area contributed by atoms with Crippen molar-refractivity contribution in [2.24, 2.45) is 0 Å². The van der Waals surface area contributed by atoms with Crippen LogP contribution >= 0.6 is 0 Å². The van der Waals surface area contributed by atoms with E-state index in [9.17, 15) is 0 Å². The lowest BCUT2D eigenvalue weighted by Gasteiger charge is -2.26. The summed E-state index contributed by atoms with van der Waals surface area (Å²) in [5.41, 5.74) is 19.6. The molecule has 0 radical (unpaired) electrons. The molecule has 0 unspecified atom stereocenters. The Hall–Kier alpha value is -8.54. The summed E-state index contributed by atoms with van der Waals surface area (Å²) in [5, 5.41) is 2.31. The number of hydrogen-bond donors (Lipinski definition) is 0. The highest BCUT2D eigenvalue weighted by molar-refractivity contribution is 6.12. The smallest absolute Gasteiger partial charge is 0.160 e. The second kappa shape index (κ2) is 17.4. The van der Waals surface area contributed by atoms with Crippen molar-refractivity contribution in [1.29, 1.82) is 0 Å². The Labute approximate surface area is 392 Å². The molecule has 2 heterocycles. The molecule has 0 aliphatic carbocycles. The lowest BCUT2D eigenvalue weighted by atomic mass is 10.0. The molecule has 9 aromatic carbocycles. The number of anilines is 6. The SMILES string of the molecule is Cc1ccc(N(c2ccc(C)cc2)c2ccc3c(c2)c2cc(N(c4ccccc4)c4ccccc4)ccc2n3-c2ccc(-c3cc(-c4ccccc4C)nc(-c4ccccc4C)n3)cc2)cc1. The van der Waals surface area contributed by atoms with Gasteiger partial charge in [-0.1, -0.05) is 132 Å². The van der Waals surface area contributed by atoms with Crippen molar-refractivity contribution in [3.05, 3.63) is 247 Å². The quantitative estimate of drug-likeness (QED) is 0.137. The van der Waals surface area contributed by atoms with E-state index in [1.807, 2.05) is 0 Å². The number of fused-ring (bicyclic) bond motifs is 3. The van der Waals surface area contributed by atoms with Crippen LogP contribution in [-0.2, 0) is 0 Å². The van der Waals surface area contributed by atoms with Gasteiger partial charge >= 0.3 is 0 Å². The van der Waals surface area contributed by atoms with Crippen LogP contribution < -0.4 is 9.80 Å². The van der Waals surface area contributed by atoms with Gasteiger partial charge in [0.2, 0.25) is 0 Å². The fourth-order valence-corrected chi connectivity index (χ4v) is 9.31. The predicted molar refractivity (Wildman–Crippen MR) is 281 cm³/mol. The summed E-state index contributed by atoms with van der Waals surface area (Å²) < 4.78 is 2.40. The van der Waals surface area contributed by atoms with Crippen LogP contribution in [0, 0.1) is 27.7 Å². The Bertz CT molecular complexity index is 3390. The van der Waals surface area contributed by atoms with Crippen molar-refractivity contribution in [3.63, 3.8) is 0 Å². The van der Waals surface area contributed by atoms with Crippen molar-refractivity contribution in [3.8, 4) is 39.6 Å². The number of rotatable bonds is 10. The maximum Gasteiger partial charge on any atom is 0.160 e. The molecule has 0 bridgehead atoms. The first-order valence-electron chi connectivity index (χ1n) is 22.9. The molecule has 0 saturated heterocycles. The summed E-state index contributed by atoms with van der Waals surface area (Å²) in [6, 6.07) is 80.4. The van der Waals surface area contributed by atoms with E-state index < -0.39 is 0 Å². The average molecular weight is 864 g/mol. The molecule has 0 N–H and O–H groups in total. The number of aromatic nitrogens is 3. The molecule has 322 valence electrons. The van der Waals surface area contributed by atoms with Gasteiger partial charge < -0.3 is 14.4 Å². The molecule has 67 heavy (non-hydrogen) atoms.